The zero-order valence-corrected chi connectivity index (χ0v) is 20.5. The summed E-state index contributed by atoms with van der Waals surface area (Å²) in [6.45, 7) is 6.56. The van der Waals surface area contributed by atoms with Gasteiger partial charge in [0.25, 0.3) is 0 Å². The highest BCUT2D eigenvalue weighted by Gasteiger charge is 2.36. The number of nitrogens with two attached hydrogens (primary N) is 1. The lowest BCUT2D eigenvalue weighted by Crippen LogP contribution is -2.49. The number of amides is 1. The fourth-order valence-corrected chi connectivity index (χ4v) is 3.98. The Bertz CT molecular complexity index is 1180. The molecule has 188 valence electrons. The van der Waals surface area contributed by atoms with Gasteiger partial charge in [-0.1, -0.05) is 12.1 Å². The van der Waals surface area contributed by atoms with Gasteiger partial charge >= 0.3 is 6.09 Å². The van der Waals surface area contributed by atoms with Crippen molar-refractivity contribution in [3.05, 3.63) is 36.0 Å². The molecule has 0 bridgehead atoms. The van der Waals surface area contributed by atoms with Gasteiger partial charge in [-0.2, -0.15) is 5.10 Å². The third-order valence-corrected chi connectivity index (χ3v) is 5.88. The van der Waals surface area contributed by atoms with Gasteiger partial charge in [0, 0.05) is 25.9 Å². The molecule has 3 N–H and O–H groups in total. The molecule has 35 heavy (non-hydrogen) atoms. The number of hydrogen-bond donors (Lipinski definition) is 2. The molecule has 10 nitrogen and oxygen atoms in total. The maximum Gasteiger partial charge on any atom is 0.407 e. The molecule has 1 aliphatic rings. The van der Waals surface area contributed by atoms with Crippen LogP contribution in [0.5, 0.6) is 5.75 Å². The van der Waals surface area contributed by atoms with Gasteiger partial charge < -0.3 is 25.4 Å². The molecule has 0 spiro atoms. The summed E-state index contributed by atoms with van der Waals surface area (Å²) < 4.78 is 27.4. The molecule has 1 fully saturated rings. The van der Waals surface area contributed by atoms with Crippen molar-refractivity contribution in [3.8, 4) is 5.75 Å². The minimum atomic E-state index is -1.51. The highest BCUT2D eigenvalue weighted by atomic mass is 19.1. The highest BCUT2D eigenvalue weighted by Crippen LogP contribution is 2.29. The van der Waals surface area contributed by atoms with Crippen LogP contribution in [0.4, 0.5) is 20.8 Å². The molecular weight excluding hydrogens is 453 g/mol. The molecule has 0 saturated carbocycles. The maximum atomic E-state index is 15.3. The summed E-state index contributed by atoms with van der Waals surface area (Å²) in [5.41, 5.74) is 6.05. The summed E-state index contributed by atoms with van der Waals surface area (Å²) >= 11 is 0. The van der Waals surface area contributed by atoms with E-state index in [4.69, 9.17) is 20.2 Å². The van der Waals surface area contributed by atoms with E-state index in [0.717, 1.165) is 11.3 Å². The number of hydrogen-bond acceptors (Lipinski definition) is 8. The number of nitrogens with zero attached hydrogens (tertiary/aromatic N) is 5. The van der Waals surface area contributed by atoms with Gasteiger partial charge in [0.05, 0.1) is 26.4 Å². The number of alkyl halides is 1. The molecular formula is C24H32FN7O3. The first kappa shape index (κ1) is 24.5. The van der Waals surface area contributed by atoms with Gasteiger partial charge in [-0.25, -0.2) is 23.8 Å². The van der Waals surface area contributed by atoms with E-state index in [0.29, 0.717) is 42.4 Å². The fourth-order valence-electron chi connectivity index (χ4n) is 3.98. The van der Waals surface area contributed by atoms with Crippen molar-refractivity contribution in [1.82, 2.24) is 25.1 Å². The molecule has 4 rings (SSSR count). The van der Waals surface area contributed by atoms with E-state index in [9.17, 15) is 4.79 Å². The molecule has 0 atom stereocenters. The van der Waals surface area contributed by atoms with Gasteiger partial charge in [-0.15, -0.1) is 0 Å². The van der Waals surface area contributed by atoms with E-state index in [-0.39, 0.29) is 19.4 Å². The van der Waals surface area contributed by atoms with Crippen LogP contribution in [0.15, 0.2) is 30.5 Å². The Kier molecular flexibility index (Phi) is 6.68. The van der Waals surface area contributed by atoms with Crippen molar-refractivity contribution < 1.29 is 18.7 Å². The van der Waals surface area contributed by atoms with Crippen LogP contribution >= 0.6 is 0 Å². The number of rotatable bonds is 6. The lowest BCUT2D eigenvalue weighted by Gasteiger charge is -2.37. The summed E-state index contributed by atoms with van der Waals surface area (Å²) in [5.74, 6) is 1.72. The number of methoxy groups -OCH3 is 1. The van der Waals surface area contributed by atoms with Gasteiger partial charge in [-0.05, 0) is 38.5 Å². The average molecular weight is 486 g/mol. The Morgan fingerprint density at radius 3 is 2.54 bits per heavy atom. The lowest BCUT2D eigenvalue weighted by molar-refractivity contribution is 0.0453. The van der Waals surface area contributed by atoms with Crippen molar-refractivity contribution in [2.45, 2.75) is 51.4 Å². The molecule has 1 aliphatic heterocycles. The number of alkyl carbamates (subject to hydrolysis) is 1. The van der Waals surface area contributed by atoms with Crippen LogP contribution in [0.2, 0.25) is 0 Å². The zero-order valence-electron chi connectivity index (χ0n) is 20.5. The summed E-state index contributed by atoms with van der Waals surface area (Å²) in [5, 5.41) is 6.96. The number of nitrogen functional groups attached to an aromatic ring is 1. The zero-order chi connectivity index (χ0) is 25.2. The first-order valence-electron chi connectivity index (χ1n) is 11.6. The topological polar surface area (TPSA) is 120 Å². The van der Waals surface area contributed by atoms with Crippen molar-refractivity contribution in [3.63, 3.8) is 0 Å². The number of carbonyl (C=O) groups excluding carboxylic acids is 1. The number of aromatic nitrogens is 4. The van der Waals surface area contributed by atoms with Crippen molar-refractivity contribution >= 4 is 28.9 Å². The van der Waals surface area contributed by atoms with Crippen molar-refractivity contribution in [1.29, 1.82) is 0 Å². The number of nitrogens with one attached hydrogen (secondary N) is 1. The molecule has 0 radical (unpaired) electrons. The largest absolute Gasteiger partial charge is 0.497 e. The summed E-state index contributed by atoms with van der Waals surface area (Å²) in [6, 6.07) is 7.68. The Morgan fingerprint density at radius 1 is 1.23 bits per heavy atom. The van der Waals surface area contributed by atoms with Crippen molar-refractivity contribution in [2.24, 2.45) is 0 Å². The van der Waals surface area contributed by atoms with E-state index in [1.54, 1.807) is 38.8 Å². The molecule has 3 heterocycles. The second-order valence-corrected chi connectivity index (χ2v) is 9.78. The Morgan fingerprint density at radius 2 is 1.91 bits per heavy atom. The predicted molar refractivity (Wildman–Crippen MR) is 131 cm³/mol. The average Bonchev–Trinajstić information content (AvgIpc) is 3.12. The summed E-state index contributed by atoms with van der Waals surface area (Å²) in [6.07, 6.45) is 1.52. The van der Waals surface area contributed by atoms with Gasteiger partial charge in [0.1, 0.15) is 22.8 Å². The standard InChI is InChI=1S/C24H32FN7O3/c1-23(2,3)35-22(33)28-15-24(25)9-11-31(12-10-24)18-13-27-19-20(26)30-32(21(19)29-18)14-16-5-7-17(34-4)8-6-16/h5-8,13H,9-12,14-15H2,1-4H3,(H2,26,30)(H,28,33). The first-order valence-corrected chi connectivity index (χ1v) is 11.6. The van der Waals surface area contributed by atoms with Crippen LogP contribution < -0.4 is 20.7 Å². The number of carbonyl (C=O) groups is 1. The van der Waals surface area contributed by atoms with E-state index >= 15 is 4.39 Å². The van der Waals surface area contributed by atoms with E-state index < -0.39 is 17.4 Å². The minimum Gasteiger partial charge on any atom is -0.497 e. The normalized spacial score (nSPS) is 15.7. The molecule has 2 aromatic heterocycles. The van der Waals surface area contributed by atoms with Crippen LogP contribution in [-0.4, -0.2) is 63.9 Å². The summed E-state index contributed by atoms with van der Waals surface area (Å²) in [4.78, 5) is 23.1. The van der Waals surface area contributed by atoms with E-state index in [2.05, 4.69) is 15.4 Å². The molecule has 1 aromatic carbocycles. The van der Waals surface area contributed by atoms with Crippen LogP contribution in [0.1, 0.15) is 39.2 Å². The fraction of sp³-hybridized carbons (Fsp3) is 0.500. The SMILES string of the molecule is COc1ccc(Cn2nc(N)c3ncc(N4CCC(F)(CNC(=O)OC(C)(C)C)CC4)nc32)cc1. The van der Waals surface area contributed by atoms with Crippen LogP contribution in [-0.2, 0) is 11.3 Å². The molecule has 0 aliphatic carbocycles. The van der Waals surface area contributed by atoms with E-state index in [1.807, 2.05) is 29.2 Å². The van der Waals surface area contributed by atoms with Crippen LogP contribution in [0.25, 0.3) is 11.2 Å². The van der Waals surface area contributed by atoms with Gasteiger partial charge in [-0.3, -0.25) is 0 Å². The molecule has 1 amide bonds. The Labute approximate surface area is 203 Å². The van der Waals surface area contributed by atoms with E-state index in [1.165, 1.54) is 0 Å². The maximum absolute atomic E-state index is 15.3. The smallest absolute Gasteiger partial charge is 0.407 e. The number of ether oxygens (including phenoxy) is 2. The second kappa shape index (κ2) is 9.55. The quantitative estimate of drug-likeness (QED) is 0.546. The Hall–Kier alpha value is -3.63. The third kappa shape index (κ3) is 5.90. The lowest BCUT2D eigenvalue weighted by atomic mass is 9.93. The highest BCUT2D eigenvalue weighted by molar-refractivity contribution is 5.83. The minimum absolute atomic E-state index is 0.0916. The predicted octanol–water partition coefficient (Wildman–Crippen LogP) is 3.30. The van der Waals surface area contributed by atoms with Crippen LogP contribution in [0, 0.1) is 0 Å². The molecule has 0 unspecified atom stereocenters. The Balaban J connectivity index is 1.43. The first-order chi connectivity index (χ1) is 16.5. The monoisotopic (exact) mass is 485 g/mol. The number of piperidine rings is 1. The number of benzene rings is 1. The number of halogens is 1. The number of anilines is 2. The second-order valence-electron chi connectivity index (χ2n) is 9.78. The molecule has 3 aromatic rings. The molecule has 1 saturated heterocycles. The van der Waals surface area contributed by atoms with Crippen LogP contribution in [0.3, 0.4) is 0 Å². The van der Waals surface area contributed by atoms with Gasteiger partial charge in [0.2, 0.25) is 0 Å². The van der Waals surface area contributed by atoms with Crippen molar-refractivity contribution in [2.75, 3.05) is 37.4 Å². The van der Waals surface area contributed by atoms with Gasteiger partial charge in [0.15, 0.2) is 17.0 Å². The third-order valence-electron chi connectivity index (χ3n) is 5.88. The summed E-state index contributed by atoms with van der Waals surface area (Å²) in [7, 11) is 1.62. The molecule has 11 heteroatoms. The number of fused-ring (bicyclic) bond motifs is 1.